The van der Waals surface area contributed by atoms with Crippen LogP contribution in [0.1, 0.15) is 13.8 Å². The highest BCUT2D eigenvalue weighted by atomic mass is 127. The smallest absolute Gasteiger partial charge is 0.0516 e. The number of hydrogen-bond donors (Lipinski definition) is 1. The Morgan fingerprint density at radius 3 is 2.36 bits per heavy atom. The highest BCUT2D eigenvalue weighted by Crippen LogP contribution is 2.04. The third-order valence-electron chi connectivity index (χ3n) is 1.78. The van der Waals surface area contributed by atoms with Crippen LogP contribution in [-0.2, 0) is 0 Å². The molecule has 0 fully saturated rings. The van der Waals surface area contributed by atoms with E-state index in [-0.39, 0.29) is 24.0 Å². The zero-order chi connectivity index (χ0) is 10.3. The Kier molecular flexibility index (Phi) is 11.0. The molecule has 0 spiro atoms. The summed E-state index contributed by atoms with van der Waals surface area (Å²) in [5.74, 6) is 0.452. The maximum atomic E-state index is 5.45. The van der Waals surface area contributed by atoms with Crippen molar-refractivity contribution in [2.45, 2.75) is 13.8 Å². The molecular weight excluding hydrogens is 289 g/mol. The van der Waals surface area contributed by atoms with Crippen LogP contribution >= 0.6 is 24.0 Å². The van der Waals surface area contributed by atoms with E-state index in [0.717, 1.165) is 18.7 Å². The van der Waals surface area contributed by atoms with Gasteiger partial charge in [0.05, 0.1) is 6.54 Å². The molecule has 0 atom stereocenters. The van der Waals surface area contributed by atoms with Gasteiger partial charge in [-0.25, -0.2) is 0 Å². The van der Waals surface area contributed by atoms with Gasteiger partial charge in [0.15, 0.2) is 0 Å². The molecule has 4 heteroatoms. The molecule has 0 rings (SSSR count). The summed E-state index contributed by atoms with van der Waals surface area (Å²) in [6, 6.07) is 0. The van der Waals surface area contributed by atoms with Gasteiger partial charge in [-0.1, -0.05) is 13.8 Å². The molecule has 0 aromatic rings. The minimum atomic E-state index is 0. The fourth-order valence-corrected chi connectivity index (χ4v) is 0.812. The third-order valence-corrected chi connectivity index (χ3v) is 1.78. The van der Waals surface area contributed by atoms with Crippen molar-refractivity contribution in [1.82, 2.24) is 4.90 Å². The quantitative estimate of drug-likeness (QED) is 0.621. The van der Waals surface area contributed by atoms with Gasteiger partial charge < -0.3 is 10.6 Å². The Bertz CT molecular complexity index is 186. The van der Waals surface area contributed by atoms with Crippen LogP contribution in [0, 0.1) is 5.92 Å². The van der Waals surface area contributed by atoms with Crippen LogP contribution in [0.5, 0.6) is 0 Å². The lowest BCUT2D eigenvalue weighted by Gasteiger charge is -2.07. The predicted octanol–water partition coefficient (Wildman–Crippen LogP) is 1.74. The first kappa shape index (κ1) is 16.3. The lowest BCUT2D eigenvalue weighted by Crippen LogP contribution is -2.15. The molecule has 2 N–H and O–H groups in total. The summed E-state index contributed by atoms with van der Waals surface area (Å²) >= 11 is 0. The summed E-state index contributed by atoms with van der Waals surface area (Å²) < 4.78 is 0. The van der Waals surface area contributed by atoms with Crippen molar-refractivity contribution in [2.75, 3.05) is 27.2 Å². The second kappa shape index (κ2) is 9.45. The Morgan fingerprint density at radius 1 is 1.43 bits per heavy atom. The fraction of sp³-hybridized carbons (Fsp3) is 0.700. The average molecular weight is 311 g/mol. The van der Waals surface area contributed by atoms with Gasteiger partial charge in [-0.2, -0.15) is 0 Å². The number of likely N-dealkylation sites (N-methyl/N-ethyl adjacent to an activating group) is 1. The zero-order valence-electron chi connectivity index (χ0n) is 9.53. The lowest BCUT2D eigenvalue weighted by atomic mass is 10.1. The average Bonchev–Trinajstić information content (AvgIpc) is 2.03. The van der Waals surface area contributed by atoms with Gasteiger partial charge in [0.2, 0.25) is 0 Å². The normalized spacial score (nSPS) is 12.6. The number of nitrogens with zero attached hydrogens (tertiary/aromatic N) is 2. The van der Waals surface area contributed by atoms with E-state index in [1.54, 1.807) is 6.20 Å². The molecule has 0 heterocycles. The molecule has 0 bridgehead atoms. The number of halogens is 1. The van der Waals surface area contributed by atoms with Gasteiger partial charge >= 0.3 is 0 Å². The molecule has 14 heavy (non-hydrogen) atoms. The van der Waals surface area contributed by atoms with E-state index in [1.165, 1.54) is 0 Å². The van der Waals surface area contributed by atoms with Crippen LogP contribution in [0.25, 0.3) is 0 Å². The maximum Gasteiger partial charge on any atom is 0.0516 e. The third kappa shape index (κ3) is 8.50. The predicted molar refractivity (Wildman–Crippen MR) is 74.4 cm³/mol. The molecule has 0 aromatic carbocycles. The molecule has 3 nitrogen and oxygen atoms in total. The van der Waals surface area contributed by atoms with Crippen LogP contribution in [0.3, 0.4) is 0 Å². The largest absolute Gasteiger partial charge is 0.404 e. The molecule has 0 saturated carbocycles. The van der Waals surface area contributed by atoms with Crippen molar-refractivity contribution in [3.63, 3.8) is 0 Å². The van der Waals surface area contributed by atoms with Crippen LogP contribution in [0.15, 0.2) is 16.8 Å². The van der Waals surface area contributed by atoms with Crippen LogP contribution < -0.4 is 5.73 Å². The van der Waals surface area contributed by atoms with Gasteiger partial charge in [-0.3, -0.25) is 4.99 Å². The van der Waals surface area contributed by atoms with Crippen molar-refractivity contribution in [2.24, 2.45) is 16.6 Å². The molecule has 84 valence electrons. The number of nitrogens with two attached hydrogens (primary N) is 1. The highest BCUT2D eigenvalue weighted by molar-refractivity contribution is 14.0. The molecule has 0 saturated heterocycles. The van der Waals surface area contributed by atoms with Crippen molar-refractivity contribution >= 4 is 30.2 Å². The Hall–Kier alpha value is -0.100. The minimum absolute atomic E-state index is 0. The van der Waals surface area contributed by atoms with Gasteiger partial charge in [0, 0.05) is 12.8 Å². The molecular formula is C10H22IN3. The van der Waals surface area contributed by atoms with Crippen LogP contribution in [0.4, 0.5) is 0 Å². The zero-order valence-corrected chi connectivity index (χ0v) is 11.9. The molecule has 0 amide bonds. The molecule has 0 aliphatic rings. The lowest BCUT2D eigenvalue weighted by molar-refractivity contribution is 0.421. The Balaban J connectivity index is 0. The second-order valence-corrected chi connectivity index (χ2v) is 3.66. The summed E-state index contributed by atoms with van der Waals surface area (Å²) in [5.41, 5.74) is 6.55. The van der Waals surface area contributed by atoms with Crippen molar-refractivity contribution in [3.8, 4) is 0 Å². The topological polar surface area (TPSA) is 41.6 Å². The number of hydrogen-bond acceptors (Lipinski definition) is 3. The first-order chi connectivity index (χ1) is 6.07. The summed E-state index contributed by atoms with van der Waals surface area (Å²) in [6.45, 7) is 6.02. The van der Waals surface area contributed by atoms with Crippen molar-refractivity contribution < 1.29 is 0 Å². The first-order valence-corrected chi connectivity index (χ1v) is 4.64. The van der Waals surface area contributed by atoms with E-state index in [4.69, 9.17) is 5.73 Å². The first-order valence-electron chi connectivity index (χ1n) is 4.64. The van der Waals surface area contributed by atoms with Crippen LogP contribution in [-0.4, -0.2) is 38.3 Å². The molecule has 0 aromatic heterocycles. The number of rotatable bonds is 5. The van der Waals surface area contributed by atoms with Crippen LogP contribution in [0.2, 0.25) is 0 Å². The van der Waals surface area contributed by atoms with E-state index in [1.807, 2.05) is 20.3 Å². The number of aliphatic imine (C=N–C) groups is 1. The van der Waals surface area contributed by atoms with E-state index in [2.05, 4.69) is 23.7 Å². The minimum Gasteiger partial charge on any atom is -0.404 e. The monoisotopic (exact) mass is 311 g/mol. The Morgan fingerprint density at radius 2 is 2.00 bits per heavy atom. The molecule has 0 aliphatic heterocycles. The highest BCUT2D eigenvalue weighted by Gasteiger charge is 1.97. The van der Waals surface area contributed by atoms with E-state index >= 15 is 0 Å². The standard InChI is InChI=1S/C10H21N3.HI/c1-9(2)10(7-11)8-12-5-6-13(3)4;/h7-9H,5-6,11H2,1-4H3;1H/b10-7+,12-8?;. The van der Waals surface area contributed by atoms with Gasteiger partial charge in [-0.05, 0) is 31.8 Å². The SMILES string of the molecule is CC(C)/C(C=NCCN(C)C)=C/N.I. The van der Waals surface area contributed by atoms with E-state index < -0.39 is 0 Å². The molecule has 0 radical (unpaired) electrons. The maximum absolute atomic E-state index is 5.45. The van der Waals surface area contributed by atoms with Gasteiger partial charge in [0.1, 0.15) is 0 Å². The van der Waals surface area contributed by atoms with E-state index in [9.17, 15) is 0 Å². The summed E-state index contributed by atoms with van der Waals surface area (Å²) in [7, 11) is 4.08. The summed E-state index contributed by atoms with van der Waals surface area (Å²) in [6.07, 6.45) is 3.50. The second-order valence-electron chi connectivity index (χ2n) is 3.66. The van der Waals surface area contributed by atoms with E-state index in [0.29, 0.717) is 5.92 Å². The van der Waals surface area contributed by atoms with Crippen molar-refractivity contribution in [1.29, 1.82) is 0 Å². The Labute approximate surface area is 104 Å². The van der Waals surface area contributed by atoms with Gasteiger partial charge in [-0.15, -0.1) is 24.0 Å². The summed E-state index contributed by atoms with van der Waals surface area (Å²) in [4.78, 5) is 6.40. The molecule has 0 unspecified atom stereocenters. The fourth-order valence-electron chi connectivity index (χ4n) is 0.812. The van der Waals surface area contributed by atoms with Gasteiger partial charge in [0.25, 0.3) is 0 Å². The van der Waals surface area contributed by atoms with Crippen molar-refractivity contribution in [3.05, 3.63) is 11.8 Å². The molecule has 0 aliphatic carbocycles. The number of allylic oxidation sites excluding steroid dienone is 1. The summed E-state index contributed by atoms with van der Waals surface area (Å²) in [5, 5.41) is 0.